The molecule has 0 saturated carbocycles. The van der Waals surface area contributed by atoms with E-state index in [1.54, 1.807) is 0 Å². The lowest BCUT2D eigenvalue weighted by Gasteiger charge is -2.23. The van der Waals surface area contributed by atoms with E-state index in [0.29, 0.717) is 0 Å². The Kier molecular flexibility index (Phi) is 1.80. The maximum Gasteiger partial charge on any atom is 0.238 e. The first-order valence-electron chi connectivity index (χ1n) is 3.85. The van der Waals surface area contributed by atoms with E-state index in [-0.39, 0.29) is 6.17 Å². The highest BCUT2D eigenvalue weighted by Crippen LogP contribution is 2.18. The SMILES string of the molecule is O=[C]C1NCc2ccccc2N1. The van der Waals surface area contributed by atoms with Crippen LogP contribution in [0.5, 0.6) is 0 Å². The van der Waals surface area contributed by atoms with E-state index in [0.717, 1.165) is 12.2 Å². The fraction of sp³-hybridized carbons (Fsp3) is 0.222. The van der Waals surface area contributed by atoms with Gasteiger partial charge in [0.25, 0.3) is 0 Å². The Morgan fingerprint density at radius 1 is 1.42 bits per heavy atom. The predicted octanol–water partition coefficient (Wildman–Crippen LogP) is 0.637. The summed E-state index contributed by atoms with van der Waals surface area (Å²) in [6.07, 6.45) is 1.51. The molecule has 1 aromatic rings. The smallest absolute Gasteiger partial charge is 0.238 e. The van der Waals surface area contributed by atoms with E-state index >= 15 is 0 Å². The van der Waals surface area contributed by atoms with Gasteiger partial charge in [-0.1, -0.05) is 18.2 Å². The molecule has 0 aromatic heterocycles. The zero-order valence-corrected chi connectivity index (χ0v) is 6.50. The standard InChI is InChI=1S/C9H9N2O/c12-6-9-10-5-7-3-1-2-4-8(7)11-9/h1-4,9-11H,5H2. The number of para-hydroxylation sites is 1. The van der Waals surface area contributed by atoms with Crippen LogP contribution in [0.15, 0.2) is 24.3 Å². The predicted molar refractivity (Wildman–Crippen MR) is 46.4 cm³/mol. The lowest BCUT2D eigenvalue weighted by Crippen LogP contribution is -2.40. The molecule has 61 valence electrons. The van der Waals surface area contributed by atoms with Crippen LogP contribution in [0.2, 0.25) is 0 Å². The van der Waals surface area contributed by atoms with Gasteiger partial charge in [-0.05, 0) is 11.6 Å². The number of fused-ring (bicyclic) bond motifs is 1. The van der Waals surface area contributed by atoms with Crippen LogP contribution in [-0.2, 0) is 11.3 Å². The topological polar surface area (TPSA) is 41.1 Å². The zero-order valence-electron chi connectivity index (χ0n) is 6.50. The van der Waals surface area contributed by atoms with Crippen molar-refractivity contribution in [1.82, 2.24) is 5.32 Å². The number of carbonyl (C=O) groups excluding carboxylic acids is 1. The third-order valence-corrected chi connectivity index (χ3v) is 1.93. The zero-order chi connectivity index (χ0) is 8.39. The fourth-order valence-corrected chi connectivity index (χ4v) is 1.30. The monoisotopic (exact) mass is 161 g/mol. The number of hydrogen-bond acceptors (Lipinski definition) is 3. The van der Waals surface area contributed by atoms with E-state index in [2.05, 4.69) is 10.6 Å². The van der Waals surface area contributed by atoms with Crippen molar-refractivity contribution in [3.63, 3.8) is 0 Å². The van der Waals surface area contributed by atoms with E-state index in [4.69, 9.17) is 0 Å². The second kappa shape index (κ2) is 2.95. The van der Waals surface area contributed by atoms with Crippen molar-refractivity contribution in [1.29, 1.82) is 0 Å². The highest BCUT2D eigenvalue weighted by atomic mass is 16.1. The lowest BCUT2D eigenvalue weighted by molar-refractivity contribution is 0.523. The molecular weight excluding hydrogens is 152 g/mol. The van der Waals surface area contributed by atoms with Gasteiger partial charge in [0.15, 0.2) is 0 Å². The van der Waals surface area contributed by atoms with Crippen LogP contribution in [0.1, 0.15) is 5.56 Å². The molecule has 1 atom stereocenters. The summed E-state index contributed by atoms with van der Waals surface area (Å²) in [7, 11) is 0. The largest absolute Gasteiger partial charge is 0.363 e. The molecule has 2 N–H and O–H groups in total. The van der Waals surface area contributed by atoms with Gasteiger partial charge in [0.05, 0.1) is 0 Å². The number of nitrogens with one attached hydrogen (secondary N) is 2. The summed E-state index contributed by atoms with van der Waals surface area (Å²) in [5, 5.41) is 6.00. The van der Waals surface area contributed by atoms with Gasteiger partial charge in [-0.3, -0.25) is 10.1 Å². The molecule has 1 heterocycles. The van der Waals surface area contributed by atoms with Crippen LogP contribution >= 0.6 is 0 Å². The summed E-state index contributed by atoms with van der Waals surface area (Å²) in [6.45, 7) is 0.725. The van der Waals surface area contributed by atoms with E-state index in [1.165, 1.54) is 5.56 Å². The molecule has 0 fully saturated rings. The summed E-state index contributed by atoms with van der Waals surface area (Å²) < 4.78 is 0. The van der Waals surface area contributed by atoms with Crippen molar-refractivity contribution in [2.45, 2.75) is 12.7 Å². The molecule has 1 aliphatic heterocycles. The number of benzene rings is 1. The first kappa shape index (κ1) is 7.31. The number of anilines is 1. The van der Waals surface area contributed by atoms with E-state index in [1.807, 2.05) is 30.6 Å². The normalized spacial score (nSPS) is 20.8. The molecule has 2 rings (SSSR count). The first-order valence-corrected chi connectivity index (χ1v) is 3.85. The molecule has 0 saturated heterocycles. The highest BCUT2D eigenvalue weighted by molar-refractivity contribution is 5.67. The molecule has 3 nitrogen and oxygen atoms in total. The van der Waals surface area contributed by atoms with Gasteiger partial charge in [-0.25, -0.2) is 0 Å². The Hall–Kier alpha value is -1.35. The summed E-state index contributed by atoms with van der Waals surface area (Å²) in [5.41, 5.74) is 2.20. The van der Waals surface area contributed by atoms with Crippen LogP contribution in [-0.4, -0.2) is 12.5 Å². The minimum absolute atomic E-state index is 0.361. The van der Waals surface area contributed by atoms with Gasteiger partial charge in [0.2, 0.25) is 6.29 Å². The molecule has 3 heteroatoms. The van der Waals surface area contributed by atoms with Crippen LogP contribution in [0, 0.1) is 0 Å². The Morgan fingerprint density at radius 3 is 3.08 bits per heavy atom. The van der Waals surface area contributed by atoms with Crippen molar-refractivity contribution in [3.05, 3.63) is 29.8 Å². The summed E-state index contributed by atoms with van der Waals surface area (Å²) in [6, 6.07) is 7.91. The minimum Gasteiger partial charge on any atom is -0.363 e. The Bertz CT molecular complexity index is 298. The van der Waals surface area contributed by atoms with Gasteiger partial charge in [0.1, 0.15) is 6.17 Å². The van der Waals surface area contributed by atoms with Crippen molar-refractivity contribution in [2.75, 3.05) is 5.32 Å². The van der Waals surface area contributed by atoms with Gasteiger partial charge in [-0.15, -0.1) is 0 Å². The Morgan fingerprint density at radius 2 is 2.25 bits per heavy atom. The van der Waals surface area contributed by atoms with Gasteiger partial charge < -0.3 is 5.32 Å². The van der Waals surface area contributed by atoms with E-state index in [9.17, 15) is 4.79 Å². The molecule has 0 amide bonds. The quantitative estimate of drug-likeness (QED) is 0.635. The molecule has 1 unspecified atom stereocenters. The van der Waals surface area contributed by atoms with Crippen LogP contribution in [0.25, 0.3) is 0 Å². The van der Waals surface area contributed by atoms with Gasteiger partial charge in [-0.2, -0.15) is 0 Å². The van der Waals surface area contributed by atoms with Crippen LogP contribution in [0.3, 0.4) is 0 Å². The lowest BCUT2D eigenvalue weighted by atomic mass is 10.1. The van der Waals surface area contributed by atoms with Crippen molar-refractivity contribution in [3.8, 4) is 0 Å². The maximum atomic E-state index is 10.3. The molecule has 0 aliphatic carbocycles. The van der Waals surface area contributed by atoms with E-state index < -0.39 is 0 Å². The molecule has 1 radical (unpaired) electrons. The second-order valence-corrected chi connectivity index (χ2v) is 2.73. The average molecular weight is 161 g/mol. The third kappa shape index (κ3) is 1.19. The van der Waals surface area contributed by atoms with Crippen LogP contribution in [0.4, 0.5) is 5.69 Å². The van der Waals surface area contributed by atoms with Crippen molar-refractivity contribution < 1.29 is 4.79 Å². The maximum absolute atomic E-state index is 10.3. The second-order valence-electron chi connectivity index (χ2n) is 2.73. The molecule has 0 bridgehead atoms. The fourth-order valence-electron chi connectivity index (χ4n) is 1.30. The van der Waals surface area contributed by atoms with Gasteiger partial charge >= 0.3 is 0 Å². The minimum atomic E-state index is -0.361. The highest BCUT2D eigenvalue weighted by Gasteiger charge is 2.14. The number of hydrogen-bond donors (Lipinski definition) is 2. The Balaban J connectivity index is 2.28. The molecular formula is C9H9N2O. The summed E-state index contributed by atoms with van der Waals surface area (Å²) in [5.74, 6) is 0. The first-order chi connectivity index (χ1) is 5.90. The molecule has 1 aromatic carbocycles. The molecule has 12 heavy (non-hydrogen) atoms. The average Bonchev–Trinajstić information content (AvgIpc) is 2.17. The molecule has 1 aliphatic rings. The van der Waals surface area contributed by atoms with Crippen molar-refractivity contribution >= 4 is 12.0 Å². The third-order valence-electron chi connectivity index (χ3n) is 1.93. The molecule has 0 spiro atoms. The summed E-state index contributed by atoms with van der Waals surface area (Å²) >= 11 is 0. The summed E-state index contributed by atoms with van der Waals surface area (Å²) in [4.78, 5) is 10.3. The van der Waals surface area contributed by atoms with Crippen molar-refractivity contribution in [2.24, 2.45) is 0 Å². The number of rotatable bonds is 1. The van der Waals surface area contributed by atoms with Crippen LogP contribution < -0.4 is 10.6 Å². The Labute approximate surface area is 70.8 Å². The van der Waals surface area contributed by atoms with Gasteiger partial charge in [0, 0.05) is 12.2 Å².